The summed E-state index contributed by atoms with van der Waals surface area (Å²) in [5.41, 5.74) is 9.63. The van der Waals surface area contributed by atoms with Crippen molar-refractivity contribution in [3.63, 3.8) is 0 Å². The molecule has 3 atom stereocenters. The van der Waals surface area contributed by atoms with Gasteiger partial charge in [-0.3, -0.25) is 4.79 Å². The summed E-state index contributed by atoms with van der Waals surface area (Å²) in [6.07, 6.45) is 2.87. The van der Waals surface area contributed by atoms with Crippen molar-refractivity contribution < 1.29 is 4.79 Å². The summed E-state index contributed by atoms with van der Waals surface area (Å²) in [7, 11) is 0. The predicted octanol–water partition coefficient (Wildman–Crippen LogP) is 4.56. The minimum Gasteiger partial charge on any atom is -0.345 e. The van der Waals surface area contributed by atoms with Gasteiger partial charge < -0.3 is 11.1 Å². The van der Waals surface area contributed by atoms with E-state index in [0.29, 0.717) is 5.92 Å². The van der Waals surface area contributed by atoms with Gasteiger partial charge in [-0.1, -0.05) is 74.9 Å². The molecule has 0 bridgehead atoms. The van der Waals surface area contributed by atoms with Crippen molar-refractivity contribution in [1.82, 2.24) is 5.32 Å². The molecule has 0 saturated heterocycles. The molecule has 1 saturated carbocycles. The summed E-state index contributed by atoms with van der Waals surface area (Å²) >= 11 is 0. The Labute approximate surface area is 162 Å². The molecule has 26 heavy (non-hydrogen) atoms. The quantitative estimate of drug-likeness (QED) is 0.807. The lowest BCUT2D eigenvalue weighted by molar-refractivity contribution is -0.125. The average Bonchev–Trinajstić information content (AvgIpc) is 3.06. The zero-order valence-corrected chi connectivity index (χ0v) is 16.3. The van der Waals surface area contributed by atoms with E-state index in [4.69, 9.17) is 5.73 Å². The summed E-state index contributed by atoms with van der Waals surface area (Å²) in [5.74, 6) is 0.503. The molecule has 3 rings (SSSR count). The van der Waals surface area contributed by atoms with Crippen LogP contribution in [0.15, 0.2) is 54.6 Å². The van der Waals surface area contributed by atoms with Crippen molar-refractivity contribution in [3.8, 4) is 0 Å². The van der Waals surface area contributed by atoms with E-state index in [2.05, 4.69) is 55.6 Å². The number of carbonyl (C=O) groups excluding carboxylic acids is 1. The van der Waals surface area contributed by atoms with E-state index in [1.807, 2.05) is 18.2 Å². The number of benzene rings is 2. The van der Waals surface area contributed by atoms with E-state index in [1.54, 1.807) is 0 Å². The summed E-state index contributed by atoms with van der Waals surface area (Å²) in [5, 5.41) is 3.25. The predicted molar refractivity (Wildman–Crippen MR) is 110 cm³/mol. The van der Waals surface area contributed by atoms with Crippen molar-refractivity contribution in [2.24, 2.45) is 11.7 Å². The molecule has 0 heterocycles. The van der Waals surface area contributed by atoms with Gasteiger partial charge >= 0.3 is 0 Å². The lowest BCUT2D eigenvalue weighted by atomic mass is 9.94. The molecular formula is C22H29ClN2O. The van der Waals surface area contributed by atoms with Crippen molar-refractivity contribution in [2.75, 3.05) is 0 Å². The highest BCUT2D eigenvalue weighted by atomic mass is 35.5. The molecule has 0 unspecified atom stereocenters. The summed E-state index contributed by atoms with van der Waals surface area (Å²) in [6, 6.07) is 18.6. The maximum Gasteiger partial charge on any atom is 0.225 e. The topological polar surface area (TPSA) is 55.1 Å². The number of rotatable bonds is 5. The Kier molecular flexibility index (Phi) is 7.24. The van der Waals surface area contributed by atoms with Gasteiger partial charge in [0, 0.05) is 6.04 Å². The largest absolute Gasteiger partial charge is 0.345 e. The molecule has 1 fully saturated rings. The summed E-state index contributed by atoms with van der Waals surface area (Å²) < 4.78 is 0. The van der Waals surface area contributed by atoms with Gasteiger partial charge in [0.05, 0.1) is 12.0 Å². The fourth-order valence-electron chi connectivity index (χ4n) is 3.64. The van der Waals surface area contributed by atoms with Crippen LogP contribution in [0.25, 0.3) is 0 Å². The molecule has 140 valence electrons. The summed E-state index contributed by atoms with van der Waals surface area (Å²) in [4.78, 5) is 12.8. The first-order valence-electron chi connectivity index (χ1n) is 9.27. The average molecular weight is 373 g/mol. The zero-order valence-electron chi connectivity index (χ0n) is 15.5. The van der Waals surface area contributed by atoms with Crippen LogP contribution in [0.1, 0.15) is 61.8 Å². The SMILES string of the molecule is CC(C)c1ccc([C@@H](NC(=O)[C@@H]2CCC[C@@H]2N)c2ccccc2)cc1.Cl. The van der Waals surface area contributed by atoms with E-state index in [1.165, 1.54) is 5.56 Å². The van der Waals surface area contributed by atoms with Gasteiger partial charge in [0.15, 0.2) is 0 Å². The van der Waals surface area contributed by atoms with Crippen LogP contribution < -0.4 is 11.1 Å². The third kappa shape index (κ3) is 4.66. The van der Waals surface area contributed by atoms with Crippen LogP contribution in [-0.4, -0.2) is 11.9 Å². The Balaban J connectivity index is 0.00000243. The molecule has 0 spiro atoms. The zero-order chi connectivity index (χ0) is 17.8. The lowest BCUT2D eigenvalue weighted by Crippen LogP contribution is -2.40. The van der Waals surface area contributed by atoms with Crippen LogP contribution in [0.3, 0.4) is 0 Å². The first kappa shape index (κ1) is 20.5. The number of carbonyl (C=O) groups is 1. The van der Waals surface area contributed by atoms with Gasteiger partial charge in [0.1, 0.15) is 0 Å². The van der Waals surface area contributed by atoms with Crippen LogP contribution in [0.4, 0.5) is 0 Å². The van der Waals surface area contributed by atoms with Crippen LogP contribution in [0, 0.1) is 5.92 Å². The van der Waals surface area contributed by atoms with Gasteiger partial charge in [0.25, 0.3) is 0 Å². The molecule has 2 aromatic rings. The molecule has 0 aromatic heterocycles. The van der Waals surface area contributed by atoms with Crippen LogP contribution in [0.5, 0.6) is 0 Å². The fraction of sp³-hybridized carbons (Fsp3) is 0.409. The Morgan fingerprint density at radius 2 is 1.54 bits per heavy atom. The number of hydrogen-bond donors (Lipinski definition) is 2. The van der Waals surface area contributed by atoms with Crippen LogP contribution in [-0.2, 0) is 4.79 Å². The molecule has 3 nitrogen and oxygen atoms in total. The minimum atomic E-state index is -0.136. The molecular weight excluding hydrogens is 344 g/mol. The van der Waals surface area contributed by atoms with Gasteiger partial charge in [-0.15, -0.1) is 12.4 Å². The Hall–Kier alpha value is -1.84. The third-order valence-electron chi connectivity index (χ3n) is 5.26. The molecule has 3 N–H and O–H groups in total. The molecule has 2 aromatic carbocycles. The number of halogens is 1. The van der Waals surface area contributed by atoms with Crippen LogP contribution >= 0.6 is 12.4 Å². The lowest BCUT2D eigenvalue weighted by Gasteiger charge is -2.24. The van der Waals surface area contributed by atoms with E-state index in [0.717, 1.165) is 30.4 Å². The third-order valence-corrected chi connectivity index (χ3v) is 5.26. The van der Waals surface area contributed by atoms with Gasteiger partial charge in [0.2, 0.25) is 5.91 Å². The van der Waals surface area contributed by atoms with Crippen molar-refractivity contribution in [2.45, 2.75) is 51.1 Å². The first-order valence-corrected chi connectivity index (χ1v) is 9.27. The molecule has 1 aliphatic carbocycles. The van der Waals surface area contributed by atoms with Gasteiger partial charge in [-0.05, 0) is 35.4 Å². The number of nitrogens with one attached hydrogen (secondary N) is 1. The maximum absolute atomic E-state index is 12.8. The molecule has 1 aliphatic rings. The van der Waals surface area contributed by atoms with E-state index in [-0.39, 0.29) is 36.3 Å². The minimum absolute atomic E-state index is 0. The van der Waals surface area contributed by atoms with Gasteiger partial charge in [-0.2, -0.15) is 0 Å². The monoisotopic (exact) mass is 372 g/mol. The molecule has 4 heteroatoms. The Morgan fingerprint density at radius 1 is 0.962 bits per heavy atom. The smallest absolute Gasteiger partial charge is 0.225 e. The molecule has 0 radical (unpaired) electrons. The highest BCUT2D eigenvalue weighted by Gasteiger charge is 2.31. The fourth-order valence-corrected chi connectivity index (χ4v) is 3.64. The normalized spacial score (nSPS) is 20.5. The van der Waals surface area contributed by atoms with E-state index >= 15 is 0 Å². The van der Waals surface area contributed by atoms with E-state index < -0.39 is 0 Å². The number of nitrogens with two attached hydrogens (primary N) is 1. The second kappa shape index (κ2) is 9.20. The van der Waals surface area contributed by atoms with Crippen molar-refractivity contribution >= 4 is 18.3 Å². The van der Waals surface area contributed by atoms with Crippen molar-refractivity contribution in [3.05, 3.63) is 71.3 Å². The Morgan fingerprint density at radius 3 is 2.08 bits per heavy atom. The molecule has 0 aliphatic heterocycles. The summed E-state index contributed by atoms with van der Waals surface area (Å²) in [6.45, 7) is 4.37. The van der Waals surface area contributed by atoms with E-state index in [9.17, 15) is 4.79 Å². The van der Waals surface area contributed by atoms with Crippen LogP contribution in [0.2, 0.25) is 0 Å². The first-order chi connectivity index (χ1) is 12.1. The highest BCUT2D eigenvalue weighted by molar-refractivity contribution is 5.85. The second-order valence-corrected chi connectivity index (χ2v) is 7.37. The van der Waals surface area contributed by atoms with Gasteiger partial charge in [-0.25, -0.2) is 0 Å². The van der Waals surface area contributed by atoms with Crippen molar-refractivity contribution in [1.29, 1.82) is 0 Å². The number of hydrogen-bond acceptors (Lipinski definition) is 2. The highest BCUT2D eigenvalue weighted by Crippen LogP contribution is 2.28. The standard InChI is InChI=1S/C22H28N2O.ClH/c1-15(2)16-11-13-18(14-12-16)21(17-7-4-3-5-8-17)24-22(25)19-9-6-10-20(19)23;/h3-5,7-8,11-15,19-21H,6,9-10,23H2,1-2H3,(H,24,25);1H/t19-,20+,21+;/m1./s1. The number of amides is 1. The Bertz CT molecular complexity index is 700. The molecule has 1 amide bonds. The second-order valence-electron chi connectivity index (χ2n) is 7.37. The maximum atomic E-state index is 12.8.